The van der Waals surface area contributed by atoms with Gasteiger partial charge in [-0.2, -0.15) is 0 Å². The lowest BCUT2D eigenvalue weighted by molar-refractivity contribution is 0.178. The van der Waals surface area contributed by atoms with Gasteiger partial charge in [-0.3, -0.25) is 0 Å². The molecular weight excluding hydrogens is 358 g/mol. The first-order chi connectivity index (χ1) is 14.0. The summed E-state index contributed by atoms with van der Waals surface area (Å²) in [6.45, 7) is 10.7. The fourth-order valence-electron chi connectivity index (χ4n) is 3.68. The van der Waals surface area contributed by atoms with Crippen molar-refractivity contribution in [2.24, 2.45) is 0 Å². The van der Waals surface area contributed by atoms with Gasteiger partial charge in [0, 0.05) is 18.9 Å². The van der Waals surface area contributed by atoms with Crippen LogP contribution in [0.1, 0.15) is 28.1 Å². The minimum Gasteiger partial charge on any atom is -0.377 e. The van der Waals surface area contributed by atoms with E-state index in [0.29, 0.717) is 12.4 Å². The lowest BCUT2D eigenvalue weighted by Crippen LogP contribution is -1.96. The molecule has 0 unspecified atom stereocenters. The fourth-order valence-corrected chi connectivity index (χ4v) is 3.68. The lowest BCUT2D eigenvalue weighted by Gasteiger charge is -2.15. The van der Waals surface area contributed by atoms with Gasteiger partial charge in [0.25, 0.3) is 0 Å². The molecule has 146 valence electrons. The first kappa shape index (κ1) is 19.1. The summed E-state index contributed by atoms with van der Waals surface area (Å²) in [5.74, 6) is 0.669. The van der Waals surface area contributed by atoms with Gasteiger partial charge in [0.15, 0.2) is 11.5 Å². The van der Waals surface area contributed by atoms with Crippen molar-refractivity contribution >= 4 is 11.7 Å². The molecule has 0 fully saturated rings. The molecule has 0 saturated heterocycles. The number of nitrogens with zero attached hydrogens (tertiary/aromatic N) is 3. The van der Waals surface area contributed by atoms with Crippen LogP contribution in [0, 0.1) is 20.8 Å². The highest BCUT2D eigenvalue weighted by atomic mass is 16.5. The van der Waals surface area contributed by atoms with Crippen LogP contribution in [0.4, 0.5) is 0 Å². The topological polar surface area (TPSA) is 39.4 Å². The minimum atomic E-state index is 0.381. The minimum absolute atomic E-state index is 0.381. The van der Waals surface area contributed by atoms with Crippen LogP contribution in [-0.4, -0.2) is 21.7 Å². The van der Waals surface area contributed by atoms with Gasteiger partial charge < -0.3 is 4.74 Å². The van der Waals surface area contributed by atoms with Crippen molar-refractivity contribution in [1.82, 2.24) is 14.6 Å². The molecule has 0 aliphatic rings. The van der Waals surface area contributed by atoms with Crippen LogP contribution in [0.2, 0.25) is 0 Å². The van der Waals surface area contributed by atoms with Crippen LogP contribution in [0.3, 0.4) is 0 Å². The highest BCUT2D eigenvalue weighted by molar-refractivity contribution is 5.92. The Morgan fingerprint density at radius 1 is 1.03 bits per heavy atom. The number of benzene rings is 2. The van der Waals surface area contributed by atoms with Gasteiger partial charge >= 0.3 is 0 Å². The maximum atomic E-state index is 5.25. The Labute approximate surface area is 171 Å². The second-order valence-electron chi connectivity index (χ2n) is 7.41. The van der Waals surface area contributed by atoms with Gasteiger partial charge in [0.2, 0.25) is 0 Å². The molecule has 4 aromatic rings. The summed E-state index contributed by atoms with van der Waals surface area (Å²) in [4.78, 5) is 4.79. The number of aryl methyl sites for hydroxylation is 2. The smallest absolute Gasteiger partial charge is 0.177 e. The van der Waals surface area contributed by atoms with Crippen molar-refractivity contribution in [3.63, 3.8) is 0 Å². The maximum absolute atomic E-state index is 5.25. The maximum Gasteiger partial charge on any atom is 0.177 e. The zero-order chi connectivity index (χ0) is 20.5. The largest absolute Gasteiger partial charge is 0.377 e. The number of fused-ring (bicyclic) bond motifs is 1. The highest BCUT2D eigenvalue weighted by Gasteiger charge is 2.17. The molecule has 4 rings (SSSR count). The molecule has 0 amide bonds. The molecule has 0 radical (unpaired) electrons. The SMILES string of the molecule is C=Cc1cc(-c2c(-c3ccc(C)cc3)ccn3nc(COC)nc23)cc(C)c1C. The third kappa shape index (κ3) is 3.47. The predicted octanol–water partition coefficient (Wildman–Crippen LogP) is 5.78. The summed E-state index contributed by atoms with van der Waals surface area (Å²) < 4.78 is 7.09. The van der Waals surface area contributed by atoms with Gasteiger partial charge in [-0.15, -0.1) is 5.10 Å². The van der Waals surface area contributed by atoms with E-state index in [9.17, 15) is 0 Å². The van der Waals surface area contributed by atoms with E-state index in [4.69, 9.17) is 9.72 Å². The molecule has 29 heavy (non-hydrogen) atoms. The number of rotatable bonds is 5. The Bertz CT molecular complexity index is 1200. The van der Waals surface area contributed by atoms with Crippen molar-refractivity contribution in [2.75, 3.05) is 7.11 Å². The van der Waals surface area contributed by atoms with Crippen molar-refractivity contribution in [3.05, 3.63) is 83.3 Å². The molecule has 0 N–H and O–H groups in total. The molecule has 2 aromatic carbocycles. The molecule has 4 nitrogen and oxygen atoms in total. The summed E-state index contributed by atoms with van der Waals surface area (Å²) in [5.41, 5.74) is 10.1. The Balaban J connectivity index is 2.05. The Hall–Kier alpha value is -3.24. The monoisotopic (exact) mass is 383 g/mol. The predicted molar refractivity (Wildman–Crippen MR) is 119 cm³/mol. The number of methoxy groups -OCH3 is 1. The second-order valence-corrected chi connectivity index (χ2v) is 7.41. The summed E-state index contributed by atoms with van der Waals surface area (Å²) in [6, 6.07) is 15.1. The summed E-state index contributed by atoms with van der Waals surface area (Å²) in [7, 11) is 1.66. The second kappa shape index (κ2) is 7.64. The quantitative estimate of drug-likeness (QED) is 0.439. The lowest BCUT2D eigenvalue weighted by atomic mass is 9.91. The zero-order valence-corrected chi connectivity index (χ0v) is 17.4. The molecule has 2 heterocycles. The highest BCUT2D eigenvalue weighted by Crippen LogP contribution is 2.37. The van der Waals surface area contributed by atoms with E-state index in [2.05, 4.69) is 74.9 Å². The normalized spacial score (nSPS) is 11.2. The van der Waals surface area contributed by atoms with Crippen molar-refractivity contribution in [1.29, 1.82) is 0 Å². The molecule has 0 saturated carbocycles. The molecule has 0 aliphatic carbocycles. The van der Waals surface area contributed by atoms with E-state index in [1.54, 1.807) is 7.11 Å². The van der Waals surface area contributed by atoms with Crippen LogP contribution in [0.25, 0.3) is 34.0 Å². The van der Waals surface area contributed by atoms with E-state index in [-0.39, 0.29) is 0 Å². The standard InChI is InChI=1S/C25H25N3O/c1-6-19-14-21(13-17(3)18(19)4)24-22(20-9-7-16(2)8-10-20)11-12-28-25(24)26-23(27-28)15-29-5/h6-14H,1,15H2,2-5H3. The molecular formula is C25H25N3O. The molecule has 0 aliphatic heterocycles. The Kier molecular flexibility index (Phi) is 5.03. The summed E-state index contributed by atoms with van der Waals surface area (Å²) in [6.07, 6.45) is 3.88. The fraction of sp³-hybridized carbons (Fsp3) is 0.200. The van der Waals surface area contributed by atoms with E-state index >= 15 is 0 Å². The number of pyridine rings is 1. The van der Waals surface area contributed by atoms with E-state index in [1.807, 2.05) is 16.8 Å². The van der Waals surface area contributed by atoms with Gasteiger partial charge in [0.1, 0.15) is 6.61 Å². The Morgan fingerprint density at radius 2 is 1.79 bits per heavy atom. The van der Waals surface area contributed by atoms with Crippen LogP contribution in [0.15, 0.2) is 55.2 Å². The molecule has 4 heteroatoms. The first-order valence-corrected chi connectivity index (χ1v) is 9.70. The summed E-state index contributed by atoms with van der Waals surface area (Å²) >= 11 is 0. The van der Waals surface area contributed by atoms with E-state index in [0.717, 1.165) is 33.5 Å². The average molecular weight is 383 g/mol. The van der Waals surface area contributed by atoms with Crippen LogP contribution in [-0.2, 0) is 11.3 Å². The third-order valence-electron chi connectivity index (χ3n) is 5.40. The van der Waals surface area contributed by atoms with Crippen LogP contribution in [0.5, 0.6) is 0 Å². The molecule has 2 aromatic heterocycles. The van der Waals surface area contributed by atoms with Crippen molar-refractivity contribution in [2.45, 2.75) is 27.4 Å². The van der Waals surface area contributed by atoms with Crippen molar-refractivity contribution in [3.8, 4) is 22.3 Å². The van der Waals surface area contributed by atoms with Crippen LogP contribution < -0.4 is 0 Å². The van der Waals surface area contributed by atoms with Gasteiger partial charge in [0.05, 0.1) is 0 Å². The number of hydrogen-bond donors (Lipinski definition) is 0. The van der Waals surface area contributed by atoms with Crippen LogP contribution >= 0.6 is 0 Å². The molecule has 0 bridgehead atoms. The number of ether oxygens (including phenoxy) is 1. The van der Waals surface area contributed by atoms with E-state index < -0.39 is 0 Å². The number of hydrogen-bond acceptors (Lipinski definition) is 3. The average Bonchev–Trinajstić information content (AvgIpc) is 3.13. The van der Waals surface area contributed by atoms with Gasteiger partial charge in [-0.05, 0) is 66.3 Å². The van der Waals surface area contributed by atoms with Gasteiger partial charge in [-0.25, -0.2) is 9.50 Å². The molecule has 0 atom stereocenters. The van der Waals surface area contributed by atoms with Crippen molar-refractivity contribution < 1.29 is 4.74 Å². The number of aromatic nitrogens is 3. The summed E-state index contributed by atoms with van der Waals surface area (Å²) in [5, 5.41) is 4.58. The molecule has 0 spiro atoms. The Morgan fingerprint density at radius 3 is 2.48 bits per heavy atom. The first-order valence-electron chi connectivity index (χ1n) is 9.70. The zero-order valence-electron chi connectivity index (χ0n) is 17.4. The third-order valence-corrected chi connectivity index (χ3v) is 5.40. The van der Waals surface area contributed by atoms with Gasteiger partial charge in [-0.1, -0.05) is 48.6 Å². The van der Waals surface area contributed by atoms with E-state index in [1.165, 1.54) is 16.7 Å².